The number of carboxylic acid groups (broad SMARTS) is 1. The van der Waals surface area contributed by atoms with Gasteiger partial charge in [0.2, 0.25) is 0 Å². The Bertz CT molecular complexity index is 478. The van der Waals surface area contributed by atoms with E-state index in [-0.39, 0.29) is 0 Å². The van der Waals surface area contributed by atoms with Crippen LogP contribution in [0.25, 0.3) is 6.08 Å². The molecular weight excluding hydrogens is 238 g/mol. The van der Waals surface area contributed by atoms with Crippen LogP contribution in [0, 0.1) is 12.8 Å². The highest BCUT2D eigenvalue weighted by Crippen LogP contribution is 2.26. The number of anilines is 1. The van der Waals surface area contributed by atoms with Crippen LogP contribution in [0.1, 0.15) is 31.9 Å². The van der Waals surface area contributed by atoms with Crippen molar-refractivity contribution in [2.45, 2.75) is 33.7 Å². The predicted octanol–water partition coefficient (Wildman–Crippen LogP) is 3.57. The third kappa shape index (κ3) is 4.12. The number of aryl methyl sites for hydroxylation is 1. The van der Waals surface area contributed by atoms with Gasteiger partial charge in [0.25, 0.3) is 0 Å². The van der Waals surface area contributed by atoms with E-state index < -0.39 is 5.97 Å². The van der Waals surface area contributed by atoms with Crippen molar-refractivity contribution in [3.05, 3.63) is 35.4 Å². The third-order valence-electron chi connectivity index (χ3n) is 3.54. The molecule has 1 N–H and O–H groups in total. The van der Waals surface area contributed by atoms with Crippen molar-refractivity contribution in [1.82, 2.24) is 0 Å². The Morgan fingerprint density at radius 3 is 2.47 bits per heavy atom. The lowest BCUT2D eigenvalue weighted by Gasteiger charge is -2.31. The fraction of sp³-hybridized carbons (Fsp3) is 0.438. The third-order valence-corrected chi connectivity index (χ3v) is 3.54. The first-order valence-electron chi connectivity index (χ1n) is 6.57. The molecule has 0 aliphatic carbocycles. The van der Waals surface area contributed by atoms with Crippen molar-refractivity contribution < 1.29 is 9.90 Å². The molecule has 0 aromatic heterocycles. The number of hydrogen-bond donors (Lipinski definition) is 1. The van der Waals surface area contributed by atoms with Crippen molar-refractivity contribution >= 4 is 17.7 Å². The number of carbonyl (C=O) groups is 1. The number of hydrogen-bond acceptors (Lipinski definition) is 2. The fourth-order valence-electron chi connectivity index (χ4n) is 1.96. The van der Waals surface area contributed by atoms with Gasteiger partial charge in [-0.3, -0.25) is 0 Å². The molecule has 0 heterocycles. The number of nitrogens with zero attached hydrogens (tertiary/aromatic N) is 1. The van der Waals surface area contributed by atoms with Crippen LogP contribution in [0.15, 0.2) is 24.3 Å². The molecule has 1 aromatic carbocycles. The second-order valence-corrected chi connectivity index (χ2v) is 5.33. The smallest absolute Gasteiger partial charge is 0.328 e. The quantitative estimate of drug-likeness (QED) is 0.824. The van der Waals surface area contributed by atoms with Crippen LogP contribution in [-0.4, -0.2) is 24.2 Å². The lowest BCUT2D eigenvalue weighted by molar-refractivity contribution is -0.131. The second kappa shape index (κ2) is 6.41. The molecule has 1 rings (SSSR count). The van der Waals surface area contributed by atoms with Crippen molar-refractivity contribution in [3.8, 4) is 0 Å². The summed E-state index contributed by atoms with van der Waals surface area (Å²) in [6.45, 7) is 8.55. The van der Waals surface area contributed by atoms with E-state index in [0.29, 0.717) is 12.0 Å². The van der Waals surface area contributed by atoms with Gasteiger partial charge >= 0.3 is 5.97 Å². The summed E-state index contributed by atoms with van der Waals surface area (Å²) in [7, 11) is 2.05. The molecule has 1 aromatic rings. The van der Waals surface area contributed by atoms with E-state index in [1.165, 1.54) is 6.08 Å². The van der Waals surface area contributed by atoms with Crippen molar-refractivity contribution in [2.75, 3.05) is 11.9 Å². The summed E-state index contributed by atoms with van der Waals surface area (Å²) in [5, 5.41) is 8.77. The summed E-state index contributed by atoms with van der Waals surface area (Å²) >= 11 is 0. The lowest BCUT2D eigenvalue weighted by atomic mass is 10.0. The molecular formula is C16H23NO2. The zero-order chi connectivity index (χ0) is 14.6. The van der Waals surface area contributed by atoms with Crippen LogP contribution >= 0.6 is 0 Å². The van der Waals surface area contributed by atoms with Crippen LogP contribution in [0.3, 0.4) is 0 Å². The van der Waals surface area contributed by atoms with Crippen LogP contribution in [0.2, 0.25) is 0 Å². The van der Waals surface area contributed by atoms with Crippen LogP contribution in [0.4, 0.5) is 5.69 Å². The lowest BCUT2D eigenvalue weighted by Crippen LogP contribution is -2.33. The van der Waals surface area contributed by atoms with Gasteiger partial charge in [-0.1, -0.05) is 25.5 Å². The fourth-order valence-corrected chi connectivity index (χ4v) is 1.96. The van der Waals surface area contributed by atoms with E-state index in [9.17, 15) is 4.79 Å². The SMILES string of the molecule is Cc1ccc(N(C)C(C)C(C)C)c(/C=C/C(=O)O)c1. The summed E-state index contributed by atoms with van der Waals surface area (Å²) in [6.07, 6.45) is 2.85. The van der Waals surface area contributed by atoms with E-state index >= 15 is 0 Å². The molecule has 1 atom stereocenters. The molecule has 0 bridgehead atoms. The van der Waals surface area contributed by atoms with E-state index in [2.05, 4.69) is 37.8 Å². The van der Waals surface area contributed by atoms with Crippen molar-refractivity contribution in [1.29, 1.82) is 0 Å². The van der Waals surface area contributed by atoms with Gasteiger partial charge in [0.1, 0.15) is 0 Å². The van der Waals surface area contributed by atoms with Gasteiger partial charge < -0.3 is 10.0 Å². The molecule has 0 aliphatic heterocycles. The average molecular weight is 261 g/mol. The van der Waals surface area contributed by atoms with Crippen molar-refractivity contribution in [3.63, 3.8) is 0 Å². The Hall–Kier alpha value is -1.77. The van der Waals surface area contributed by atoms with Crippen LogP contribution in [-0.2, 0) is 4.79 Å². The van der Waals surface area contributed by atoms with E-state index in [1.54, 1.807) is 6.08 Å². The minimum Gasteiger partial charge on any atom is -0.478 e. The molecule has 19 heavy (non-hydrogen) atoms. The monoisotopic (exact) mass is 261 g/mol. The molecule has 0 fully saturated rings. The Balaban J connectivity index is 3.16. The maximum Gasteiger partial charge on any atom is 0.328 e. The topological polar surface area (TPSA) is 40.5 Å². The summed E-state index contributed by atoms with van der Waals surface area (Å²) in [6, 6.07) is 6.50. The molecule has 0 saturated carbocycles. The van der Waals surface area contributed by atoms with E-state index in [1.807, 2.05) is 20.0 Å². The zero-order valence-corrected chi connectivity index (χ0v) is 12.3. The van der Waals surface area contributed by atoms with E-state index in [4.69, 9.17) is 5.11 Å². The Morgan fingerprint density at radius 2 is 1.95 bits per heavy atom. The largest absolute Gasteiger partial charge is 0.478 e. The molecule has 0 aliphatic rings. The number of aliphatic carboxylic acids is 1. The molecule has 3 heteroatoms. The zero-order valence-electron chi connectivity index (χ0n) is 12.3. The van der Waals surface area contributed by atoms with Crippen molar-refractivity contribution in [2.24, 2.45) is 5.92 Å². The van der Waals surface area contributed by atoms with Crippen LogP contribution < -0.4 is 4.90 Å². The van der Waals surface area contributed by atoms with E-state index in [0.717, 1.165) is 16.8 Å². The molecule has 3 nitrogen and oxygen atoms in total. The van der Waals surface area contributed by atoms with Gasteiger partial charge in [-0.05, 0) is 43.5 Å². The summed E-state index contributed by atoms with van der Waals surface area (Å²) < 4.78 is 0. The Labute approximate surface area is 115 Å². The summed E-state index contributed by atoms with van der Waals surface area (Å²) in [5.41, 5.74) is 3.13. The maximum absolute atomic E-state index is 10.7. The summed E-state index contributed by atoms with van der Waals surface area (Å²) in [4.78, 5) is 12.9. The molecule has 0 spiro atoms. The molecule has 0 saturated heterocycles. The van der Waals surface area contributed by atoms with Gasteiger partial charge in [0, 0.05) is 24.9 Å². The van der Waals surface area contributed by atoms with Gasteiger partial charge in [0.05, 0.1) is 0 Å². The summed E-state index contributed by atoms with van der Waals surface area (Å²) in [5.74, 6) is -0.394. The predicted molar refractivity (Wildman–Crippen MR) is 80.6 cm³/mol. The minimum absolute atomic E-state index is 0.389. The molecule has 1 unspecified atom stereocenters. The second-order valence-electron chi connectivity index (χ2n) is 5.33. The maximum atomic E-state index is 10.7. The first-order valence-corrected chi connectivity index (χ1v) is 6.57. The number of benzene rings is 1. The van der Waals surface area contributed by atoms with Gasteiger partial charge in [-0.15, -0.1) is 0 Å². The molecule has 0 radical (unpaired) electrons. The number of rotatable bonds is 5. The highest BCUT2D eigenvalue weighted by atomic mass is 16.4. The normalized spacial score (nSPS) is 12.9. The molecule has 0 amide bonds. The van der Waals surface area contributed by atoms with Gasteiger partial charge in [0.15, 0.2) is 0 Å². The Kier molecular flexibility index (Phi) is 5.16. The highest BCUT2D eigenvalue weighted by Gasteiger charge is 2.15. The Morgan fingerprint density at radius 1 is 1.32 bits per heavy atom. The number of carboxylic acids is 1. The van der Waals surface area contributed by atoms with Gasteiger partial charge in [-0.2, -0.15) is 0 Å². The average Bonchev–Trinajstić information content (AvgIpc) is 2.34. The van der Waals surface area contributed by atoms with Gasteiger partial charge in [-0.25, -0.2) is 4.79 Å². The standard InChI is InChI=1S/C16H23NO2/c1-11(2)13(4)17(5)15-8-6-12(3)10-14(15)7-9-16(18)19/h6-11,13H,1-5H3,(H,18,19)/b9-7+. The first-order chi connectivity index (χ1) is 8.82. The highest BCUT2D eigenvalue weighted by molar-refractivity contribution is 5.87. The molecule has 104 valence electrons. The van der Waals surface area contributed by atoms with Crippen LogP contribution in [0.5, 0.6) is 0 Å². The first kappa shape index (κ1) is 15.3. The minimum atomic E-state index is -0.924.